The molecule has 0 aliphatic carbocycles. The fourth-order valence-electron chi connectivity index (χ4n) is 2.18. The van der Waals surface area contributed by atoms with Gasteiger partial charge in [0, 0.05) is 18.0 Å². The van der Waals surface area contributed by atoms with Gasteiger partial charge in [0.1, 0.15) is 6.33 Å². The summed E-state index contributed by atoms with van der Waals surface area (Å²) >= 11 is 0. The second-order valence-corrected chi connectivity index (χ2v) is 4.64. The van der Waals surface area contributed by atoms with Crippen LogP contribution in [0.3, 0.4) is 0 Å². The zero-order chi connectivity index (χ0) is 13.8. The molecular formula is C17H15N3. The van der Waals surface area contributed by atoms with Crippen LogP contribution in [0.1, 0.15) is 17.2 Å². The Hall–Kier alpha value is -2.52. The molecule has 0 amide bonds. The van der Waals surface area contributed by atoms with Crippen LogP contribution in [0, 0.1) is 0 Å². The van der Waals surface area contributed by atoms with Crippen molar-refractivity contribution in [2.75, 3.05) is 0 Å². The van der Waals surface area contributed by atoms with Crippen molar-refractivity contribution >= 4 is 0 Å². The van der Waals surface area contributed by atoms with Gasteiger partial charge in [-0.25, -0.2) is 9.97 Å². The van der Waals surface area contributed by atoms with E-state index in [0.717, 1.165) is 11.1 Å². The van der Waals surface area contributed by atoms with E-state index in [1.807, 2.05) is 18.2 Å². The van der Waals surface area contributed by atoms with Crippen LogP contribution in [-0.2, 0) is 0 Å². The summed E-state index contributed by atoms with van der Waals surface area (Å²) in [6.07, 6.45) is 5.01. The molecule has 3 aromatic rings. The number of hydrogen-bond donors (Lipinski definition) is 1. The minimum atomic E-state index is -0.193. The molecule has 0 bridgehead atoms. The minimum absolute atomic E-state index is 0.193. The van der Waals surface area contributed by atoms with Gasteiger partial charge in [-0.05, 0) is 16.7 Å². The highest BCUT2D eigenvalue weighted by atomic mass is 14.8. The Morgan fingerprint density at radius 2 is 1.30 bits per heavy atom. The summed E-state index contributed by atoms with van der Waals surface area (Å²) in [6.45, 7) is 0. The predicted molar refractivity (Wildman–Crippen MR) is 79.9 cm³/mol. The highest BCUT2D eigenvalue weighted by molar-refractivity contribution is 5.63. The maximum atomic E-state index is 6.23. The number of nitrogens with two attached hydrogens (primary N) is 1. The van der Waals surface area contributed by atoms with Gasteiger partial charge in [-0.3, -0.25) is 0 Å². The van der Waals surface area contributed by atoms with E-state index in [9.17, 15) is 0 Å². The van der Waals surface area contributed by atoms with E-state index in [1.54, 1.807) is 12.4 Å². The van der Waals surface area contributed by atoms with Crippen LogP contribution in [0.4, 0.5) is 0 Å². The molecule has 0 radical (unpaired) electrons. The van der Waals surface area contributed by atoms with Crippen molar-refractivity contribution < 1.29 is 0 Å². The maximum Gasteiger partial charge on any atom is 0.115 e. The molecule has 1 heterocycles. The quantitative estimate of drug-likeness (QED) is 0.787. The van der Waals surface area contributed by atoms with E-state index in [0.29, 0.717) is 0 Å². The second-order valence-electron chi connectivity index (χ2n) is 4.64. The molecule has 2 N–H and O–H groups in total. The Kier molecular flexibility index (Phi) is 3.52. The maximum absolute atomic E-state index is 6.23. The summed E-state index contributed by atoms with van der Waals surface area (Å²) in [6, 6.07) is 18.4. The average Bonchev–Trinajstić information content (AvgIpc) is 2.56. The first kappa shape index (κ1) is 12.5. The predicted octanol–water partition coefficient (Wildman–Crippen LogP) is 3.19. The molecule has 2 aromatic carbocycles. The normalized spacial score (nSPS) is 12.1. The van der Waals surface area contributed by atoms with Crippen LogP contribution in [0.15, 0.2) is 73.3 Å². The summed E-state index contributed by atoms with van der Waals surface area (Å²) in [5.41, 5.74) is 10.6. The van der Waals surface area contributed by atoms with E-state index in [4.69, 9.17) is 5.73 Å². The number of aromatic nitrogens is 2. The van der Waals surface area contributed by atoms with E-state index in [1.165, 1.54) is 17.5 Å². The molecule has 0 saturated heterocycles. The van der Waals surface area contributed by atoms with Gasteiger partial charge in [0.25, 0.3) is 0 Å². The van der Waals surface area contributed by atoms with Crippen molar-refractivity contribution in [1.82, 2.24) is 9.97 Å². The topological polar surface area (TPSA) is 51.8 Å². The third kappa shape index (κ3) is 2.58. The summed E-state index contributed by atoms with van der Waals surface area (Å²) in [5, 5.41) is 0. The number of nitrogens with zero attached hydrogens (tertiary/aromatic N) is 2. The molecule has 3 heteroatoms. The highest BCUT2D eigenvalue weighted by Crippen LogP contribution is 2.23. The molecule has 0 aliphatic heterocycles. The lowest BCUT2D eigenvalue weighted by Crippen LogP contribution is -2.12. The van der Waals surface area contributed by atoms with Gasteiger partial charge in [0.15, 0.2) is 0 Å². The van der Waals surface area contributed by atoms with Gasteiger partial charge in [0.05, 0.1) is 6.04 Å². The van der Waals surface area contributed by atoms with Gasteiger partial charge in [-0.1, -0.05) is 54.6 Å². The molecule has 3 rings (SSSR count). The highest BCUT2D eigenvalue weighted by Gasteiger charge is 2.09. The third-order valence-corrected chi connectivity index (χ3v) is 3.32. The van der Waals surface area contributed by atoms with Crippen molar-refractivity contribution in [3.63, 3.8) is 0 Å². The van der Waals surface area contributed by atoms with Crippen LogP contribution in [0.2, 0.25) is 0 Å². The van der Waals surface area contributed by atoms with Gasteiger partial charge in [0.2, 0.25) is 0 Å². The Morgan fingerprint density at radius 1 is 0.700 bits per heavy atom. The molecule has 1 unspecified atom stereocenters. The first-order valence-corrected chi connectivity index (χ1v) is 6.50. The minimum Gasteiger partial charge on any atom is -0.320 e. The molecule has 20 heavy (non-hydrogen) atoms. The SMILES string of the molecule is NC(c1ccc(-c2ccccc2)cc1)c1cncnc1. The van der Waals surface area contributed by atoms with Crippen molar-refractivity contribution in [1.29, 1.82) is 0 Å². The van der Waals surface area contributed by atoms with Crippen molar-refractivity contribution in [2.24, 2.45) is 5.73 Å². The smallest absolute Gasteiger partial charge is 0.115 e. The molecular weight excluding hydrogens is 246 g/mol. The van der Waals surface area contributed by atoms with Crippen molar-refractivity contribution in [2.45, 2.75) is 6.04 Å². The largest absolute Gasteiger partial charge is 0.320 e. The van der Waals surface area contributed by atoms with Crippen LogP contribution in [0.25, 0.3) is 11.1 Å². The molecule has 1 atom stereocenters. The summed E-state index contributed by atoms with van der Waals surface area (Å²) in [7, 11) is 0. The molecule has 0 saturated carbocycles. The van der Waals surface area contributed by atoms with Crippen molar-refractivity contribution in [3.8, 4) is 11.1 Å². The molecule has 0 fully saturated rings. The fourth-order valence-corrected chi connectivity index (χ4v) is 2.18. The molecule has 0 aliphatic rings. The zero-order valence-electron chi connectivity index (χ0n) is 11.0. The Morgan fingerprint density at radius 3 is 1.95 bits per heavy atom. The van der Waals surface area contributed by atoms with Gasteiger partial charge >= 0.3 is 0 Å². The first-order chi connectivity index (χ1) is 9.84. The third-order valence-electron chi connectivity index (χ3n) is 3.32. The Balaban J connectivity index is 1.87. The van der Waals surface area contributed by atoms with Crippen LogP contribution < -0.4 is 5.73 Å². The fraction of sp³-hybridized carbons (Fsp3) is 0.0588. The lowest BCUT2D eigenvalue weighted by Gasteiger charge is -2.12. The molecule has 3 nitrogen and oxygen atoms in total. The average molecular weight is 261 g/mol. The first-order valence-electron chi connectivity index (χ1n) is 6.50. The monoisotopic (exact) mass is 261 g/mol. The Labute approximate surface area is 118 Å². The number of rotatable bonds is 3. The van der Waals surface area contributed by atoms with E-state index >= 15 is 0 Å². The van der Waals surface area contributed by atoms with Crippen LogP contribution >= 0.6 is 0 Å². The zero-order valence-corrected chi connectivity index (χ0v) is 11.0. The molecule has 1 aromatic heterocycles. The number of hydrogen-bond acceptors (Lipinski definition) is 3. The Bertz CT molecular complexity index is 664. The van der Waals surface area contributed by atoms with Gasteiger partial charge in [-0.2, -0.15) is 0 Å². The lowest BCUT2D eigenvalue weighted by atomic mass is 9.98. The summed E-state index contributed by atoms with van der Waals surface area (Å²) < 4.78 is 0. The van der Waals surface area contributed by atoms with Crippen LogP contribution in [0.5, 0.6) is 0 Å². The number of benzene rings is 2. The second kappa shape index (κ2) is 5.63. The van der Waals surface area contributed by atoms with E-state index in [-0.39, 0.29) is 6.04 Å². The lowest BCUT2D eigenvalue weighted by molar-refractivity contribution is 0.851. The van der Waals surface area contributed by atoms with E-state index < -0.39 is 0 Å². The standard InChI is InChI=1S/C17H15N3/c18-17(16-10-19-12-20-11-16)15-8-6-14(7-9-15)13-4-2-1-3-5-13/h1-12,17H,18H2. The summed E-state index contributed by atoms with van der Waals surface area (Å²) in [5.74, 6) is 0. The van der Waals surface area contributed by atoms with E-state index in [2.05, 4.69) is 46.4 Å². The van der Waals surface area contributed by atoms with Gasteiger partial charge in [-0.15, -0.1) is 0 Å². The van der Waals surface area contributed by atoms with Gasteiger partial charge < -0.3 is 5.73 Å². The summed E-state index contributed by atoms with van der Waals surface area (Å²) in [4.78, 5) is 8.01. The van der Waals surface area contributed by atoms with Crippen molar-refractivity contribution in [3.05, 3.63) is 84.4 Å². The molecule has 98 valence electrons. The van der Waals surface area contributed by atoms with Crippen LogP contribution in [-0.4, -0.2) is 9.97 Å². The molecule has 0 spiro atoms.